The highest BCUT2D eigenvalue weighted by Gasteiger charge is 2.17. The van der Waals surface area contributed by atoms with Crippen LogP contribution in [-0.4, -0.2) is 38.9 Å². The minimum absolute atomic E-state index is 0.0293. The maximum Gasteiger partial charge on any atom is 0.373 e. The van der Waals surface area contributed by atoms with Crippen LogP contribution in [0.15, 0.2) is 66.4 Å². The zero-order chi connectivity index (χ0) is 28.9. The molecule has 0 fully saturated rings. The number of hydrogen-bond acceptors (Lipinski definition) is 6. The van der Waals surface area contributed by atoms with E-state index in [1.807, 2.05) is 61.5 Å². The van der Waals surface area contributed by atoms with Gasteiger partial charge < -0.3 is 18.9 Å². The Balaban J connectivity index is 0.000000395. The second-order valence-electron chi connectivity index (χ2n) is 9.51. The largest absolute Gasteiger partial charge is 0.497 e. The summed E-state index contributed by atoms with van der Waals surface area (Å²) in [6, 6.07) is 17.1. The molecule has 214 valence electrons. The van der Waals surface area contributed by atoms with Crippen LogP contribution in [0.5, 0.6) is 5.75 Å². The predicted molar refractivity (Wildman–Crippen MR) is 158 cm³/mol. The summed E-state index contributed by atoms with van der Waals surface area (Å²) >= 11 is 0. The lowest BCUT2D eigenvalue weighted by Gasteiger charge is -2.16. The molecule has 2 rings (SSSR count). The third kappa shape index (κ3) is 15.5. The molecule has 0 aliphatic heterocycles. The van der Waals surface area contributed by atoms with E-state index >= 15 is 0 Å². The molecule has 1 atom stereocenters. The number of carbonyl (C=O) groups is 2. The standard InChI is InChI=1S/C18H26O3.C15H20O3/c1-4-6-8-13-16(5-2)21-18(19)17(20-3)14-15-11-9-7-10-12-15;1-12(2)10-11-18-15(16)9-6-13-4-7-14(17-3)8-5-13/h7,9-12,14,16H,4-6,8,13H2,1-3H3;4-9,12H,10-11H2,1-3H3. The van der Waals surface area contributed by atoms with Gasteiger partial charge in [-0.05, 0) is 67.0 Å². The van der Waals surface area contributed by atoms with Crippen molar-refractivity contribution in [2.75, 3.05) is 20.8 Å². The van der Waals surface area contributed by atoms with Crippen LogP contribution in [-0.2, 0) is 23.8 Å². The SMILES string of the molecule is CCCCCC(CC)OC(=O)C(=Cc1ccccc1)OC.COc1ccc(C=CC(=O)OCCC(C)C)cc1. The number of rotatable bonds is 15. The van der Waals surface area contributed by atoms with Crippen molar-refractivity contribution in [3.63, 3.8) is 0 Å². The Labute approximate surface area is 235 Å². The highest BCUT2D eigenvalue weighted by molar-refractivity contribution is 5.91. The molecule has 0 saturated carbocycles. The van der Waals surface area contributed by atoms with Gasteiger partial charge in [0, 0.05) is 6.08 Å². The summed E-state index contributed by atoms with van der Waals surface area (Å²) in [6.45, 7) is 8.88. The molecule has 0 radical (unpaired) electrons. The van der Waals surface area contributed by atoms with Gasteiger partial charge in [0.25, 0.3) is 0 Å². The molecule has 6 heteroatoms. The fourth-order valence-corrected chi connectivity index (χ4v) is 3.40. The van der Waals surface area contributed by atoms with Crippen molar-refractivity contribution < 1.29 is 28.5 Å². The Hall–Kier alpha value is -3.54. The van der Waals surface area contributed by atoms with Crippen molar-refractivity contribution in [2.45, 2.75) is 72.3 Å². The smallest absolute Gasteiger partial charge is 0.373 e. The number of hydrogen-bond donors (Lipinski definition) is 0. The molecule has 2 aromatic rings. The number of esters is 2. The molecule has 0 spiro atoms. The van der Waals surface area contributed by atoms with E-state index in [-0.39, 0.29) is 23.8 Å². The summed E-state index contributed by atoms with van der Waals surface area (Å²) in [5, 5.41) is 0. The van der Waals surface area contributed by atoms with E-state index in [1.165, 1.54) is 26.0 Å². The molecule has 0 aromatic heterocycles. The number of methoxy groups -OCH3 is 2. The van der Waals surface area contributed by atoms with Gasteiger partial charge >= 0.3 is 11.9 Å². The number of unbranched alkanes of at least 4 members (excludes halogenated alkanes) is 2. The van der Waals surface area contributed by atoms with E-state index in [0.717, 1.165) is 42.6 Å². The molecular weight excluding hydrogens is 492 g/mol. The maximum atomic E-state index is 12.2. The van der Waals surface area contributed by atoms with E-state index in [2.05, 4.69) is 20.8 Å². The van der Waals surface area contributed by atoms with Gasteiger partial charge in [-0.25, -0.2) is 9.59 Å². The molecule has 0 N–H and O–H groups in total. The number of ether oxygens (including phenoxy) is 4. The third-order valence-electron chi connectivity index (χ3n) is 5.84. The topological polar surface area (TPSA) is 71.1 Å². The van der Waals surface area contributed by atoms with Crippen molar-refractivity contribution in [3.8, 4) is 5.75 Å². The van der Waals surface area contributed by atoms with Crippen molar-refractivity contribution in [1.29, 1.82) is 0 Å². The molecule has 0 aliphatic carbocycles. The Kier molecular flexibility index (Phi) is 17.5. The molecule has 0 aliphatic rings. The minimum Gasteiger partial charge on any atom is -0.497 e. The van der Waals surface area contributed by atoms with Crippen LogP contribution in [0.4, 0.5) is 0 Å². The molecule has 6 nitrogen and oxygen atoms in total. The van der Waals surface area contributed by atoms with Crippen molar-refractivity contribution >= 4 is 24.1 Å². The van der Waals surface area contributed by atoms with Crippen LogP contribution in [0.25, 0.3) is 12.2 Å². The van der Waals surface area contributed by atoms with Gasteiger partial charge in [0.15, 0.2) is 0 Å². The Bertz CT molecular complexity index is 993. The van der Waals surface area contributed by atoms with Crippen LogP contribution in [0, 0.1) is 5.92 Å². The second kappa shape index (κ2) is 20.4. The zero-order valence-corrected chi connectivity index (χ0v) is 24.5. The van der Waals surface area contributed by atoms with E-state index in [9.17, 15) is 9.59 Å². The van der Waals surface area contributed by atoms with Crippen molar-refractivity contribution in [1.82, 2.24) is 0 Å². The average molecular weight is 539 g/mol. The van der Waals surface area contributed by atoms with Gasteiger partial charge in [-0.1, -0.05) is 83.0 Å². The Morgan fingerprint density at radius 2 is 1.56 bits per heavy atom. The maximum absolute atomic E-state index is 12.2. The predicted octanol–water partition coefficient (Wildman–Crippen LogP) is 7.87. The summed E-state index contributed by atoms with van der Waals surface area (Å²) in [5.74, 6) is 0.904. The Morgan fingerprint density at radius 1 is 0.872 bits per heavy atom. The molecule has 0 heterocycles. The molecule has 0 bridgehead atoms. The fourth-order valence-electron chi connectivity index (χ4n) is 3.40. The highest BCUT2D eigenvalue weighted by Crippen LogP contribution is 2.15. The summed E-state index contributed by atoms with van der Waals surface area (Å²) in [5.41, 5.74) is 1.86. The lowest BCUT2D eigenvalue weighted by atomic mass is 10.1. The van der Waals surface area contributed by atoms with E-state index in [1.54, 1.807) is 19.3 Å². The Morgan fingerprint density at radius 3 is 2.13 bits per heavy atom. The highest BCUT2D eigenvalue weighted by atomic mass is 16.6. The summed E-state index contributed by atoms with van der Waals surface area (Å²) in [4.78, 5) is 23.6. The third-order valence-corrected chi connectivity index (χ3v) is 5.84. The van der Waals surface area contributed by atoms with Crippen LogP contribution in [0.3, 0.4) is 0 Å². The van der Waals surface area contributed by atoms with Gasteiger partial charge in [-0.2, -0.15) is 0 Å². The molecular formula is C33H46O6. The van der Waals surface area contributed by atoms with Crippen LogP contribution < -0.4 is 4.74 Å². The van der Waals surface area contributed by atoms with Crippen LogP contribution in [0.2, 0.25) is 0 Å². The number of benzene rings is 2. The van der Waals surface area contributed by atoms with Gasteiger partial charge in [0.1, 0.15) is 11.9 Å². The summed E-state index contributed by atoms with van der Waals surface area (Å²) < 4.78 is 20.8. The molecule has 1 unspecified atom stereocenters. The first kappa shape index (κ1) is 33.5. The summed E-state index contributed by atoms with van der Waals surface area (Å²) in [6.07, 6.45) is 10.9. The van der Waals surface area contributed by atoms with E-state index in [0.29, 0.717) is 12.5 Å². The van der Waals surface area contributed by atoms with E-state index < -0.39 is 0 Å². The molecule has 39 heavy (non-hydrogen) atoms. The lowest BCUT2D eigenvalue weighted by molar-refractivity contribution is -0.148. The average Bonchev–Trinajstić information content (AvgIpc) is 2.95. The zero-order valence-electron chi connectivity index (χ0n) is 24.5. The van der Waals surface area contributed by atoms with Gasteiger partial charge in [0.05, 0.1) is 20.8 Å². The normalized spacial score (nSPS) is 11.9. The van der Waals surface area contributed by atoms with Crippen molar-refractivity contribution in [2.24, 2.45) is 5.92 Å². The van der Waals surface area contributed by atoms with Crippen molar-refractivity contribution in [3.05, 3.63) is 77.6 Å². The first-order chi connectivity index (χ1) is 18.8. The summed E-state index contributed by atoms with van der Waals surface area (Å²) in [7, 11) is 3.12. The quantitative estimate of drug-likeness (QED) is 0.0994. The van der Waals surface area contributed by atoms with Gasteiger partial charge in [0.2, 0.25) is 5.76 Å². The van der Waals surface area contributed by atoms with Gasteiger partial charge in [-0.15, -0.1) is 0 Å². The van der Waals surface area contributed by atoms with Crippen LogP contribution >= 0.6 is 0 Å². The number of carbonyl (C=O) groups excluding carboxylic acids is 2. The first-order valence-electron chi connectivity index (χ1n) is 13.8. The molecule has 2 aromatic carbocycles. The molecule has 0 saturated heterocycles. The molecule has 0 amide bonds. The first-order valence-corrected chi connectivity index (χ1v) is 13.8. The minimum atomic E-state index is -0.385. The van der Waals surface area contributed by atoms with Gasteiger partial charge in [-0.3, -0.25) is 0 Å². The fraction of sp³-hybridized carbons (Fsp3) is 0.455. The van der Waals surface area contributed by atoms with Crippen LogP contribution in [0.1, 0.15) is 77.3 Å². The lowest BCUT2D eigenvalue weighted by Crippen LogP contribution is -2.19. The van der Waals surface area contributed by atoms with E-state index in [4.69, 9.17) is 18.9 Å². The monoisotopic (exact) mass is 538 g/mol. The second-order valence-corrected chi connectivity index (χ2v) is 9.51.